The highest BCUT2D eigenvalue weighted by Gasteiger charge is 2.31. The maximum Gasteiger partial charge on any atom is 0.417 e. The van der Waals surface area contributed by atoms with E-state index in [0.29, 0.717) is 12.7 Å². The SMILES string of the molecule is O=C(Cn1cc(C(F)(F)F)ccc1=O)NCC1CCCc2ccccc21. The van der Waals surface area contributed by atoms with Crippen LogP contribution >= 0.6 is 0 Å². The molecule has 7 heteroatoms. The van der Waals surface area contributed by atoms with Crippen LogP contribution in [0, 0.1) is 0 Å². The third-order valence-electron chi connectivity index (χ3n) is 4.66. The molecule has 1 N–H and O–H groups in total. The molecule has 26 heavy (non-hydrogen) atoms. The molecule has 3 rings (SSSR count). The molecule has 1 atom stereocenters. The first kappa shape index (κ1) is 18.2. The topological polar surface area (TPSA) is 51.1 Å². The van der Waals surface area contributed by atoms with Crippen LogP contribution in [0.25, 0.3) is 0 Å². The number of nitrogens with one attached hydrogen (secondary N) is 1. The van der Waals surface area contributed by atoms with Crippen LogP contribution in [0.2, 0.25) is 0 Å². The summed E-state index contributed by atoms with van der Waals surface area (Å²) in [6.45, 7) is -0.0271. The first-order valence-corrected chi connectivity index (χ1v) is 8.47. The van der Waals surface area contributed by atoms with E-state index in [9.17, 15) is 22.8 Å². The number of pyridine rings is 1. The summed E-state index contributed by atoms with van der Waals surface area (Å²) in [6, 6.07) is 9.61. The number of carbonyl (C=O) groups is 1. The number of rotatable bonds is 4. The van der Waals surface area contributed by atoms with Gasteiger partial charge in [-0.3, -0.25) is 9.59 Å². The molecule has 1 aromatic carbocycles. The average molecular weight is 364 g/mol. The normalized spacial score (nSPS) is 16.8. The molecular weight excluding hydrogens is 345 g/mol. The van der Waals surface area contributed by atoms with Crippen molar-refractivity contribution in [3.8, 4) is 0 Å². The Labute approximate surface area is 148 Å². The second kappa shape index (κ2) is 7.35. The molecule has 0 aliphatic heterocycles. The summed E-state index contributed by atoms with van der Waals surface area (Å²) in [7, 11) is 0. The van der Waals surface area contributed by atoms with Crippen molar-refractivity contribution in [1.82, 2.24) is 9.88 Å². The molecule has 0 spiro atoms. The van der Waals surface area contributed by atoms with Gasteiger partial charge in [0.1, 0.15) is 6.54 Å². The Bertz CT molecular complexity index is 858. The fraction of sp³-hybridized carbons (Fsp3) is 0.368. The zero-order valence-corrected chi connectivity index (χ0v) is 14.1. The number of carbonyl (C=O) groups excluding carboxylic acids is 1. The van der Waals surface area contributed by atoms with Crippen molar-refractivity contribution in [1.29, 1.82) is 0 Å². The highest BCUT2D eigenvalue weighted by molar-refractivity contribution is 5.75. The standard InChI is InChI=1S/C19H19F3N2O2/c20-19(21,22)15-8-9-18(26)24(11-15)12-17(25)23-10-14-6-3-5-13-4-1-2-7-16(13)14/h1-2,4,7-9,11,14H,3,5-6,10,12H2,(H,23,25). The third kappa shape index (κ3) is 4.15. The van der Waals surface area contributed by atoms with E-state index in [1.807, 2.05) is 18.2 Å². The van der Waals surface area contributed by atoms with Crippen LogP contribution in [-0.4, -0.2) is 17.0 Å². The number of hydrogen-bond acceptors (Lipinski definition) is 2. The molecule has 0 saturated carbocycles. The number of fused-ring (bicyclic) bond motifs is 1. The minimum absolute atomic E-state index is 0.183. The van der Waals surface area contributed by atoms with Gasteiger partial charge in [-0.25, -0.2) is 0 Å². The Kier molecular flexibility index (Phi) is 5.15. The van der Waals surface area contributed by atoms with E-state index < -0.39 is 29.8 Å². The van der Waals surface area contributed by atoms with Crippen LogP contribution in [0.1, 0.15) is 35.4 Å². The number of aromatic nitrogens is 1. The predicted molar refractivity (Wildman–Crippen MR) is 90.8 cm³/mol. The average Bonchev–Trinajstić information content (AvgIpc) is 2.61. The van der Waals surface area contributed by atoms with Gasteiger partial charge in [0, 0.05) is 24.7 Å². The number of nitrogens with zero attached hydrogens (tertiary/aromatic N) is 1. The first-order valence-electron chi connectivity index (χ1n) is 8.47. The number of hydrogen-bond donors (Lipinski definition) is 1. The van der Waals surface area contributed by atoms with Crippen molar-refractivity contribution in [2.24, 2.45) is 0 Å². The first-order chi connectivity index (χ1) is 12.3. The molecule has 0 saturated heterocycles. The van der Waals surface area contributed by atoms with Gasteiger partial charge in [0.25, 0.3) is 5.56 Å². The van der Waals surface area contributed by atoms with Gasteiger partial charge in [0.15, 0.2) is 0 Å². The van der Waals surface area contributed by atoms with Gasteiger partial charge < -0.3 is 9.88 Å². The number of halogens is 3. The summed E-state index contributed by atoms with van der Waals surface area (Å²) in [6.07, 6.45) is -0.888. The molecular formula is C19H19F3N2O2. The predicted octanol–water partition coefficient (Wildman–Crippen LogP) is 3.10. The second-order valence-corrected chi connectivity index (χ2v) is 6.47. The maximum absolute atomic E-state index is 12.8. The largest absolute Gasteiger partial charge is 0.417 e. The smallest absolute Gasteiger partial charge is 0.354 e. The summed E-state index contributed by atoms with van der Waals surface area (Å²) in [5.74, 6) is -0.295. The van der Waals surface area contributed by atoms with Gasteiger partial charge in [-0.05, 0) is 36.5 Å². The van der Waals surface area contributed by atoms with Crippen molar-refractivity contribution >= 4 is 5.91 Å². The number of aryl methyl sites for hydroxylation is 1. The summed E-state index contributed by atoms with van der Waals surface area (Å²) in [5.41, 5.74) is 0.879. The Hall–Kier alpha value is -2.57. The molecule has 0 radical (unpaired) electrons. The van der Waals surface area contributed by atoms with Crippen molar-refractivity contribution in [2.45, 2.75) is 37.9 Å². The van der Waals surface area contributed by atoms with E-state index in [1.54, 1.807) is 0 Å². The Morgan fingerprint density at radius 1 is 1.19 bits per heavy atom. The van der Waals surface area contributed by atoms with Crippen LogP contribution in [0.15, 0.2) is 47.4 Å². The molecule has 138 valence electrons. The molecule has 1 unspecified atom stereocenters. The molecule has 4 nitrogen and oxygen atoms in total. The summed E-state index contributed by atoms with van der Waals surface area (Å²) in [5, 5.41) is 2.75. The molecule has 1 aliphatic rings. The number of alkyl halides is 3. The highest BCUT2D eigenvalue weighted by atomic mass is 19.4. The summed E-state index contributed by atoms with van der Waals surface area (Å²) < 4.78 is 39.0. The zero-order chi connectivity index (χ0) is 18.7. The van der Waals surface area contributed by atoms with Crippen LogP contribution in [-0.2, 0) is 23.9 Å². The second-order valence-electron chi connectivity index (χ2n) is 6.47. The van der Waals surface area contributed by atoms with E-state index in [0.717, 1.165) is 36.0 Å². The lowest BCUT2D eigenvalue weighted by Gasteiger charge is -2.25. The van der Waals surface area contributed by atoms with E-state index in [2.05, 4.69) is 11.4 Å². The Morgan fingerprint density at radius 2 is 1.96 bits per heavy atom. The zero-order valence-electron chi connectivity index (χ0n) is 14.1. The van der Waals surface area contributed by atoms with Crippen LogP contribution < -0.4 is 10.9 Å². The lowest BCUT2D eigenvalue weighted by Crippen LogP contribution is -2.35. The van der Waals surface area contributed by atoms with Gasteiger partial charge >= 0.3 is 6.18 Å². The van der Waals surface area contributed by atoms with E-state index in [1.165, 1.54) is 11.1 Å². The Morgan fingerprint density at radius 3 is 2.73 bits per heavy atom. The fourth-order valence-corrected chi connectivity index (χ4v) is 3.34. The highest BCUT2D eigenvalue weighted by Crippen LogP contribution is 2.31. The van der Waals surface area contributed by atoms with Crippen molar-refractivity contribution in [2.75, 3.05) is 6.54 Å². The minimum atomic E-state index is -4.56. The summed E-state index contributed by atoms with van der Waals surface area (Å²) in [4.78, 5) is 23.8. The van der Waals surface area contributed by atoms with Gasteiger partial charge in [0.05, 0.1) is 5.56 Å². The van der Waals surface area contributed by atoms with Crippen LogP contribution in [0.3, 0.4) is 0 Å². The summed E-state index contributed by atoms with van der Waals surface area (Å²) >= 11 is 0. The van der Waals surface area contributed by atoms with E-state index >= 15 is 0 Å². The van der Waals surface area contributed by atoms with Crippen LogP contribution in [0.5, 0.6) is 0 Å². The molecule has 1 aromatic heterocycles. The number of amides is 1. The molecule has 1 heterocycles. The molecule has 1 amide bonds. The maximum atomic E-state index is 12.8. The molecule has 0 bridgehead atoms. The van der Waals surface area contributed by atoms with Gasteiger partial charge in [-0.15, -0.1) is 0 Å². The fourth-order valence-electron chi connectivity index (χ4n) is 3.34. The quantitative estimate of drug-likeness (QED) is 0.906. The third-order valence-corrected chi connectivity index (χ3v) is 4.66. The van der Waals surface area contributed by atoms with Crippen molar-refractivity contribution in [3.63, 3.8) is 0 Å². The molecule has 2 aromatic rings. The van der Waals surface area contributed by atoms with Gasteiger partial charge in [-0.1, -0.05) is 24.3 Å². The molecule has 0 fully saturated rings. The van der Waals surface area contributed by atoms with E-state index in [-0.39, 0.29) is 5.92 Å². The van der Waals surface area contributed by atoms with E-state index in [4.69, 9.17) is 0 Å². The monoisotopic (exact) mass is 364 g/mol. The van der Waals surface area contributed by atoms with Crippen molar-refractivity contribution < 1.29 is 18.0 Å². The van der Waals surface area contributed by atoms with Crippen molar-refractivity contribution in [3.05, 3.63) is 69.6 Å². The van der Waals surface area contributed by atoms with Gasteiger partial charge in [0.2, 0.25) is 5.91 Å². The lowest BCUT2D eigenvalue weighted by atomic mass is 9.83. The van der Waals surface area contributed by atoms with Gasteiger partial charge in [-0.2, -0.15) is 13.2 Å². The van der Waals surface area contributed by atoms with Crippen LogP contribution in [0.4, 0.5) is 13.2 Å². The lowest BCUT2D eigenvalue weighted by molar-refractivity contribution is -0.138. The molecule has 1 aliphatic carbocycles. The number of benzene rings is 1. The minimum Gasteiger partial charge on any atom is -0.354 e. The Balaban J connectivity index is 1.65.